The van der Waals surface area contributed by atoms with Crippen LogP contribution >= 0.6 is 15.9 Å². The zero-order valence-electron chi connectivity index (χ0n) is 12.3. The predicted molar refractivity (Wildman–Crippen MR) is 84.6 cm³/mol. The monoisotopic (exact) mass is 355 g/mol. The number of ether oxygens (including phenoxy) is 2. The van der Waals surface area contributed by atoms with Crippen molar-refractivity contribution in [1.82, 2.24) is 5.32 Å². The Kier molecular flexibility index (Phi) is 4.43. The molecular formula is C16H22BrNO3. The van der Waals surface area contributed by atoms with Crippen molar-refractivity contribution < 1.29 is 14.6 Å². The van der Waals surface area contributed by atoms with E-state index in [-0.39, 0.29) is 18.9 Å². The Balaban J connectivity index is 1.70. The van der Waals surface area contributed by atoms with Gasteiger partial charge in [-0.05, 0) is 52.4 Å². The van der Waals surface area contributed by atoms with E-state index in [1.165, 1.54) is 12.8 Å². The van der Waals surface area contributed by atoms with E-state index < -0.39 is 0 Å². The van der Waals surface area contributed by atoms with Gasteiger partial charge < -0.3 is 19.9 Å². The summed E-state index contributed by atoms with van der Waals surface area (Å²) in [4.78, 5) is 0. The second-order valence-electron chi connectivity index (χ2n) is 6.30. The molecule has 0 aromatic heterocycles. The first-order valence-corrected chi connectivity index (χ1v) is 8.35. The number of rotatable bonds is 4. The van der Waals surface area contributed by atoms with Gasteiger partial charge in [-0.15, -0.1) is 0 Å². The van der Waals surface area contributed by atoms with Crippen LogP contribution in [0.4, 0.5) is 0 Å². The van der Waals surface area contributed by atoms with E-state index >= 15 is 0 Å². The molecule has 116 valence electrons. The van der Waals surface area contributed by atoms with Gasteiger partial charge in [0.15, 0.2) is 11.5 Å². The molecule has 21 heavy (non-hydrogen) atoms. The Morgan fingerprint density at radius 2 is 2.29 bits per heavy atom. The van der Waals surface area contributed by atoms with Gasteiger partial charge in [0.2, 0.25) is 6.79 Å². The Morgan fingerprint density at radius 1 is 1.43 bits per heavy atom. The molecule has 0 bridgehead atoms. The van der Waals surface area contributed by atoms with E-state index in [1.807, 2.05) is 6.07 Å². The Bertz CT molecular complexity index is 522. The van der Waals surface area contributed by atoms with Crippen LogP contribution in [0, 0.1) is 5.92 Å². The molecule has 2 unspecified atom stereocenters. The Hall–Kier alpha value is -0.780. The van der Waals surface area contributed by atoms with Gasteiger partial charge in [-0.25, -0.2) is 0 Å². The molecule has 1 aliphatic carbocycles. The lowest BCUT2D eigenvalue weighted by molar-refractivity contribution is 0.0982. The first kappa shape index (κ1) is 15.1. The number of benzene rings is 1. The Morgan fingerprint density at radius 3 is 3.05 bits per heavy atom. The summed E-state index contributed by atoms with van der Waals surface area (Å²) in [5.74, 6) is 2.24. The third-order valence-corrected chi connectivity index (χ3v) is 5.14. The number of halogens is 1. The average Bonchev–Trinajstić information content (AvgIpc) is 2.94. The molecule has 0 saturated heterocycles. The van der Waals surface area contributed by atoms with Crippen LogP contribution in [-0.2, 0) is 6.54 Å². The molecule has 2 aliphatic rings. The van der Waals surface area contributed by atoms with Crippen molar-refractivity contribution in [1.29, 1.82) is 0 Å². The van der Waals surface area contributed by atoms with Crippen LogP contribution in [0.3, 0.4) is 0 Å². The molecule has 2 N–H and O–H groups in total. The molecule has 0 spiro atoms. The third kappa shape index (κ3) is 3.20. The molecule has 1 aromatic rings. The highest BCUT2D eigenvalue weighted by atomic mass is 79.9. The van der Waals surface area contributed by atoms with Crippen LogP contribution in [0.1, 0.15) is 38.2 Å². The number of aliphatic hydroxyl groups is 1. The molecule has 1 fully saturated rings. The standard InChI is InChI=1S/C16H22BrNO3/c1-11-3-2-4-16(7-11,9-19)18-8-12-5-13(17)15-14(6-12)20-10-21-15/h5-6,11,18-19H,2-4,7-10H2,1H3. The molecule has 0 amide bonds. The largest absolute Gasteiger partial charge is 0.454 e. The van der Waals surface area contributed by atoms with Crippen molar-refractivity contribution >= 4 is 15.9 Å². The summed E-state index contributed by atoms with van der Waals surface area (Å²) in [5, 5.41) is 13.4. The smallest absolute Gasteiger partial charge is 0.231 e. The number of fused-ring (bicyclic) bond motifs is 1. The van der Waals surface area contributed by atoms with Crippen LogP contribution < -0.4 is 14.8 Å². The molecule has 1 heterocycles. The summed E-state index contributed by atoms with van der Waals surface area (Å²) in [6.45, 7) is 3.47. The van der Waals surface area contributed by atoms with E-state index in [4.69, 9.17) is 9.47 Å². The van der Waals surface area contributed by atoms with Gasteiger partial charge in [0.25, 0.3) is 0 Å². The third-order valence-electron chi connectivity index (χ3n) is 4.55. The molecular weight excluding hydrogens is 334 g/mol. The van der Waals surface area contributed by atoms with Crippen LogP contribution in [0.25, 0.3) is 0 Å². The van der Waals surface area contributed by atoms with Crippen molar-refractivity contribution in [3.8, 4) is 11.5 Å². The molecule has 4 nitrogen and oxygen atoms in total. The maximum Gasteiger partial charge on any atom is 0.231 e. The van der Waals surface area contributed by atoms with Crippen LogP contribution in [-0.4, -0.2) is 24.0 Å². The minimum Gasteiger partial charge on any atom is -0.454 e. The van der Waals surface area contributed by atoms with Crippen LogP contribution in [0.15, 0.2) is 16.6 Å². The van der Waals surface area contributed by atoms with Crippen LogP contribution in [0.5, 0.6) is 11.5 Å². The van der Waals surface area contributed by atoms with Gasteiger partial charge in [0, 0.05) is 12.1 Å². The summed E-state index contributed by atoms with van der Waals surface area (Å²) in [6, 6.07) is 4.06. The van der Waals surface area contributed by atoms with Gasteiger partial charge in [-0.2, -0.15) is 0 Å². The SMILES string of the molecule is CC1CCCC(CO)(NCc2cc(Br)c3c(c2)OCO3)C1. The van der Waals surface area contributed by atoms with E-state index in [2.05, 4.69) is 34.2 Å². The van der Waals surface area contributed by atoms with Gasteiger partial charge >= 0.3 is 0 Å². The van der Waals surface area contributed by atoms with Crippen molar-refractivity contribution in [3.05, 3.63) is 22.2 Å². The van der Waals surface area contributed by atoms with Crippen molar-refractivity contribution in [2.45, 2.75) is 44.7 Å². The van der Waals surface area contributed by atoms with Gasteiger partial charge in [0.05, 0.1) is 11.1 Å². The van der Waals surface area contributed by atoms with Crippen LogP contribution in [0.2, 0.25) is 0 Å². The topological polar surface area (TPSA) is 50.7 Å². The van der Waals surface area contributed by atoms with Crippen molar-refractivity contribution in [2.24, 2.45) is 5.92 Å². The number of hydrogen-bond donors (Lipinski definition) is 2. The predicted octanol–water partition coefficient (Wildman–Crippen LogP) is 3.21. The van der Waals surface area contributed by atoms with E-state index in [0.29, 0.717) is 5.92 Å². The quantitative estimate of drug-likeness (QED) is 0.870. The average molecular weight is 356 g/mol. The summed E-state index contributed by atoms with van der Waals surface area (Å²) < 4.78 is 11.8. The molecule has 1 saturated carbocycles. The van der Waals surface area contributed by atoms with E-state index in [0.717, 1.165) is 40.9 Å². The molecule has 2 atom stereocenters. The minimum atomic E-state index is -0.138. The highest BCUT2D eigenvalue weighted by molar-refractivity contribution is 9.10. The lowest BCUT2D eigenvalue weighted by atomic mass is 9.77. The first-order chi connectivity index (χ1) is 10.1. The second kappa shape index (κ2) is 6.15. The minimum absolute atomic E-state index is 0.138. The first-order valence-electron chi connectivity index (χ1n) is 7.56. The van der Waals surface area contributed by atoms with Gasteiger partial charge in [-0.3, -0.25) is 0 Å². The molecule has 0 radical (unpaired) electrons. The summed E-state index contributed by atoms with van der Waals surface area (Å²) in [5.41, 5.74) is 0.998. The summed E-state index contributed by atoms with van der Waals surface area (Å²) in [6.07, 6.45) is 4.52. The lowest BCUT2D eigenvalue weighted by Gasteiger charge is -2.39. The van der Waals surface area contributed by atoms with E-state index in [1.54, 1.807) is 0 Å². The molecule has 3 rings (SSSR count). The fourth-order valence-corrected chi connectivity index (χ4v) is 4.04. The maximum atomic E-state index is 9.83. The highest BCUT2D eigenvalue weighted by Crippen LogP contribution is 2.40. The second-order valence-corrected chi connectivity index (χ2v) is 7.16. The van der Waals surface area contributed by atoms with Gasteiger partial charge in [-0.1, -0.05) is 19.8 Å². The number of nitrogens with one attached hydrogen (secondary N) is 1. The molecule has 1 aliphatic heterocycles. The molecule has 5 heteroatoms. The zero-order valence-corrected chi connectivity index (χ0v) is 13.9. The van der Waals surface area contributed by atoms with Crippen molar-refractivity contribution in [2.75, 3.05) is 13.4 Å². The van der Waals surface area contributed by atoms with Crippen molar-refractivity contribution in [3.63, 3.8) is 0 Å². The Labute approximate surface area is 134 Å². The number of aliphatic hydroxyl groups excluding tert-OH is 1. The fraction of sp³-hybridized carbons (Fsp3) is 0.625. The lowest BCUT2D eigenvalue weighted by Crippen LogP contribution is -2.51. The highest BCUT2D eigenvalue weighted by Gasteiger charge is 2.33. The normalized spacial score (nSPS) is 27.9. The summed E-state index contributed by atoms with van der Waals surface area (Å²) >= 11 is 3.52. The maximum absolute atomic E-state index is 9.83. The fourth-order valence-electron chi connectivity index (χ4n) is 3.43. The van der Waals surface area contributed by atoms with E-state index in [9.17, 15) is 5.11 Å². The summed E-state index contributed by atoms with van der Waals surface area (Å²) in [7, 11) is 0. The number of hydrogen-bond acceptors (Lipinski definition) is 4. The molecule has 1 aromatic carbocycles. The van der Waals surface area contributed by atoms with Gasteiger partial charge in [0.1, 0.15) is 0 Å². The zero-order chi connectivity index (χ0) is 14.9.